The Hall–Kier alpha value is -2.67. The third kappa shape index (κ3) is 3.28. The molecule has 1 aliphatic rings. The molecule has 0 spiro atoms. The van der Waals surface area contributed by atoms with Gasteiger partial charge in [-0.2, -0.15) is 0 Å². The summed E-state index contributed by atoms with van der Waals surface area (Å²) in [5.74, 6) is -0.397. The van der Waals surface area contributed by atoms with Crippen LogP contribution < -0.4 is 5.32 Å². The predicted molar refractivity (Wildman–Crippen MR) is 95.6 cm³/mol. The second kappa shape index (κ2) is 6.68. The molecule has 2 aromatic heterocycles. The Labute approximate surface area is 148 Å². The van der Waals surface area contributed by atoms with E-state index in [1.165, 1.54) is 23.9 Å². The molecule has 1 atom stereocenters. The highest BCUT2D eigenvalue weighted by molar-refractivity contribution is 7.22. The summed E-state index contributed by atoms with van der Waals surface area (Å²) in [6, 6.07) is 9.43. The molecule has 7 heteroatoms. The summed E-state index contributed by atoms with van der Waals surface area (Å²) in [5, 5.41) is 3.51. The SMILES string of the molecule is O=C(Nc1nc2ccccc2s1)C1CCCN(C(=O)c2ccoc2)C1. The maximum atomic E-state index is 12.6. The summed E-state index contributed by atoms with van der Waals surface area (Å²) in [4.78, 5) is 31.2. The number of anilines is 1. The van der Waals surface area contributed by atoms with Gasteiger partial charge in [-0.1, -0.05) is 23.5 Å². The lowest BCUT2D eigenvalue weighted by Crippen LogP contribution is -2.43. The number of aromatic nitrogens is 1. The zero-order chi connectivity index (χ0) is 17.2. The molecule has 128 valence electrons. The molecule has 1 unspecified atom stereocenters. The number of amides is 2. The first-order chi connectivity index (χ1) is 12.2. The number of piperidine rings is 1. The number of thiazole rings is 1. The molecule has 6 nitrogen and oxygen atoms in total. The minimum absolute atomic E-state index is 0.0799. The van der Waals surface area contributed by atoms with E-state index in [2.05, 4.69) is 10.3 Å². The second-order valence-corrected chi connectivity index (χ2v) is 7.11. The van der Waals surface area contributed by atoms with Crippen LogP contribution in [-0.2, 0) is 4.79 Å². The van der Waals surface area contributed by atoms with Gasteiger partial charge in [0.15, 0.2) is 5.13 Å². The highest BCUT2D eigenvalue weighted by atomic mass is 32.1. The number of likely N-dealkylation sites (tertiary alicyclic amines) is 1. The van der Waals surface area contributed by atoms with E-state index >= 15 is 0 Å². The van der Waals surface area contributed by atoms with E-state index in [9.17, 15) is 9.59 Å². The maximum Gasteiger partial charge on any atom is 0.257 e. The van der Waals surface area contributed by atoms with E-state index in [4.69, 9.17) is 4.42 Å². The molecule has 0 aliphatic carbocycles. The van der Waals surface area contributed by atoms with Crippen molar-refractivity contribution in [3.8, 4) is 0 Å². The van der Waals surface area contributed by atoms with Crippen molar-refractivity contribution in [3.63, 3.8) is 0 Å². The molecule has 2 amide bonds. The summed E-state index contributed by atoms with van der Waals surface area (Å²) in [6.07, 6.45) is 4.50. The number of nitrogens with one attached hydrogen (secondary N) is 1. The van der Waals surface area contributed by atoms with Crippen molar-refractivity contribution < 1.29 is 14.0 Å². The monoisotopic (exact) mass is 355 g/mol. The van der Waals surface area contributed by atoms with Crippen LogP contribution in [0.1, 0.15) is 23.2 Å². The van der Waals surface area contributed by atoms with Crippen molar-refractivity contribution in [1.29, 1.82) is 0 Å². The minimum Gasteiger partial charge on any atom is -0.472 e. The number of fused-ring (bicyclic) bond motifs is 1. The fourth-order valence-corrected chi connectivity index (χ4v) is 3.95. The number of hydrogen-bond donors (Lipinski definition) is 1. The number of benzene rings is 1. The first kappa shape index (κ1) is 15.8. The van der Waals surface area contributed by atoms with Gasteiger partial charge in [-0.05, 0) is 31.0 Å². The van der Waals surface area contributed by atoms with E-state index < -0.39 is 0 Å². The molecule has 25 heavy (non-hydrogen) atoms. The molecular weight excluding hydrogens is 338 g/mol. The molecule has 3 heterocycles. The lowest BCUT2D eigenvalue weighted by molar-refractivity contribution is -0.121. The minimum atomic E-state index is -0.225. The van der Waals surface area contributed by atoms with Crippen LogP contribution >= 0.6 is 11.3 Å². The van der Waals surface area contributed by atoms with Crippen LogP contribution in [0.5, 0.6) is 0 Å². The molecule has 4 rings (SSSR count). The Morgan fingerprint density at radius 2 is 2.16 bits per heavy atom. The van der Waals surface area contributed by atoms with Gasteiger partial charge < -0.3 is 14.6 Å². The van der Waals surface area contributed by atoms with Gasteiger partial charge in [-0.3, -0.25) is 9.59 Å². The number of hydrogen-bond acceptors (Lipinski definition) is 5. The molecule has 0 bridgehead atoms. The number of para-hydroxylation sites is 1. The molecule has 1 fully saturated rings. The number of rotatable bonds is 3. The molecule has 0 radical (unpaired) electrons. The third-order valence-electron chi connectivity index (χ3n) is 4.37. The smallest absolute Gasteiger partial charge is 0.257 e. The van der Waals surface area contributed by atoms with Gasteiger partial charge >= 0.3 is 0 Å². The Morgan fingerprint density at radius 1 is 1.28 bits per heavy atom. The summed E-state index contributed by atoms with van der Waals surface area (Å²) >= 11 is 1.46. The standard InChI is InChI=1S/C18H17N3O3S/c22-16(20-18-19-14-5-1-2-6-15(14)25-18)12-4-3-8-21(10-12)17(23)13-7-9-24-11-13/h1-2,5-7,9,11-12H,3-4,8,10H2,(H,19,20,22). The van der Waals surface area contributed by atoms with Crippen LogP contribution in [0.3, 0.4) is 0 Å². The highest BCUT2D eigenvalue weighted by Gasteiger charge is 2.29. The molecule has 1 aliphatic heterocycles. The lowest BCUT2D eigenvalue weighted by Gasteiger charge is -2.31. The quantitative estimate of drug-likeness (QED) is 0.781. The van der Waals surface area contributed by atoms with E-state index in [1.54, 1.807) is 11.0 Å². The zero-order valence-corrected chi connectivity index (χ0v) is 14.3. The normalized spacial score (nSPS) is 17.6. The molecule has 0 saturated carbocycles. The summed E-state index contributed by atoms with van der Waals surface area (Å²) in [7, 11) is 0. The Kier molecular flexibility index (Phi) is 4.23. The average Bonchev–Trinajstić information content (AvgIpc) is 3.30. The van der Waals surface area contributed by atoms with Gasteiger partial charge in [0.05, 0.1) is 28.0 Å². The van der Waals surface area contributed by atoms with E-state index in [-0.39, 0.29) is 17.7 Å². The molecule has 1 saturated heterocycles. The van der Waals surface area contributed by atoms with Crippen LogP contribution in [0.25, 0.3) is 10.2 Å². The zero-order valence-electron chi connectivity index (χ0n) is 13.5. The average molecular weight is 355 g/mol. The number of carbonyl (C=O) groups is 2. The van der Waals surface area contributed by atoms with Crippen LogP contribution in [0.2, 0.25) is 0 Å². The maximum absolute atomic E-state index is 12.6. The van der Waals surface area contributed by atoms with Crippen molar-refractivity contribution >= 4 is 38.5 Å². The van der Waals surface area contributed by atoms with Crippen molar-refractivity contribution in [2.45, 2.75) is 12.8 Å². The van der Waals surface area contributed by atoms with Crippen LogP contribution in [0.4, 0.5) is 5.13 Å². The summed E-state index contributed by atoms with van der Waals surface area (Å²) in [5.41, 5.74) is 1.40. The number of nitrogens with zero attached hydrogens (tertiary/aromatic N) is 2. The second-order valence-electron chi connectivity index (χ2n) is 6.08. The van der Waals surface area contributed by atoms with Crippen molar-refractivity contribution in [2.24, 2.45) is 5.92 Å². The Bertz CT molecular complexity index is 870. The van der Waals surface area contributed by atoms with Gasteiger partial charge in [0, 0.05) is 13.1 Å². The number of carbonyl (C=O) groups excluding carboxylic acids is 2. The van der Waals surface area contributed by atoms with Gasteiger partial charge in [0.1, 0.15) is 6.26 Å². The predicted octanol–water partition coefficient (Wildman–Crippen LogP) is 3.38. The van der Waals surface area contributed by atoms with Crippen LogP contribution in [0, 0.1) is 5.92 Å². The first-order valence-electron chi connectivity index (χ1n) is 8.18. The van der Waals surface area contributed by atoms with Gasteiger partial charge in [0.25, 0.3) is 5.91 Å². The highest BCUT2D eigenvalue weighted by Crippen LogP contribution is 2.27. The topological polar surface area (TPSA) is 75.4 Å². The summed E-state index contributed by atoms with van der Waals surface area (Å²) in [6.45, 7) is 1.08. The lowest BCUT2D eigenvalue weighted by atomic mass is 9.97. The van der Waals surface area contributed by atoms with Crippen LogP contribution in [0.15, 0.2) is 47.3 Å². The van der Waals surface area contributed by atoms with Crippen molar-refractivity contribution in [3.05, 3.63) is 48.4 Å². The van der Waals surface area contributed by atoms with Gasteiger partial charge in [-0.25, -0.2) is 4.98 Å². The van der Waals surface area contributed by atoms with Gasteiger partial charge in [-0.15, -0.1) is 0 Å². The van der Waals surface area contributed by atoms with Gasteiger partial charge in [0.2, 0.25) is 5.91 Å². The Balaban J connectivity index is 1.43. The molecular formula is C18H17N3O3S. The van der Waals surface area contributed by atoms with E-state index in [1.807, 2.05) is 24.3 Å². The van der Waals surface area contributed by atoms with E-state index in [0.29, 0.717) is 23.8 Å². The molecule has 1 N–H and O–H groups in total. The molecule has 1 aromatic carbocycles. The van der Waals surface area contributed by atoms with Crippen molar-refractivity contribution in [1.82, 2.24) is 9.88 Å². The molecule has 3 aromatic rings. The summed E-state index contributed by atoms with van der Waals surface area (Å²) < 4.78 is 6.01. The van der Waals surface area contributed by atoms with E-state index in [0.717, 1.165) is 23.1 Å². The fourth-order valence-electron chi connectivity index (χ4n) is 3.08. The fraction of sp³-hybridized carbons (Fsp3) is 0.278. The number of furan rings is 1. The van der Waals surface area contributed by atoms with Crippen molar-refractivity contribution in [2.75, 3.05) is 18.4 Å². The third-order valence-corrected chi connectivity index (χ3v) is 5.32. The van der Waals surface area contributed by atoms with Crippen LogP contribution in [-0.4, -0.2) is 34.8 Å². The first-order valence-corrected chi connectivity index (χ1v) is 9.00. The Morgan fingerprint density at radius 3 is 2.96 bits per heavy atom. The largest absolute Gasteiger partial charge is 0.472 e.